The Kier molecular flexibility index (Phi) is 4.60. The topological polar surface area (TPSA) is 82.5 Å². The van der Waals surface area contributed by atoms with Gasteiger partial charge >= 0.3 is 5.97 Å². The van der Waals surface area contributed by atoms with Gasteiger partial charge in [-0.1, -0.05) is 36.4 Å². The van der Waals surface area contributed by atoms with E-state index in [2.05, 4.69) is 10.1 Å². The van der Waals surface area contributed by atoms with E-state index in [-0.39, 0.29) is 5.97 Å². The molecule has 4 aromatic rings. The predicted octanol–water partition coefficient (Wildman–Crippen LogP) is 4.03. The first-order valence-electron chi connectivity index (χ1n) is 8.76. The molecule has 1 aromatic heterocycles. The Morgan fingerprint density at radius 3 is 2.57 bits per heavy atom. The van der Waals surface area contributed by atoms with Gasteiger partial charge < -0.3 is 10.5 Å². The fourth-order valence-electron chi connectivity index (χ4n) is 2.91. The number of hydrogen-bond donors (Lipinski definition) is 1. The minimum Gasteiger partial charge on any atom is -0.423 e. The van der Waals surface area contributed by atoms with Crippen LogP contribution in [0.5, 0.6) is 5.75 Å². The molecule has 0 aliphatic carbocycles. The highest BCUT2D eigenvalue weighted by molar-refractivity contribution is 6.05. The molecule has 3 aromatic carbocycles. The van der Waals surface area contributed by atoms with Crippen molar-refractivity contribution in [2.75, 3.05) is 5.73 Å². The lowest BCUT2D eigenvalue weighted by Crippen LogP contribution is -2.09. The van der Waals surface area contributed by atoms with Gasteiger partial charge in [0.05, 0.1) is 23.7 Å². The molecular formula is C22H18N4O2. The summed E-state index contributed by atoms with van der Waals surface area (Å²) in [7, 11) is 0. The Morgan fingerprint density at radius 2 is 1.82 bits per heavy atom. The molecule has 6 heteroatoms. The number of fused-ring (bicyclic) bond motifs is 1. The van der Waals surface area contributed by atoms with Crippen molar-refractivity contribution in [3.05, 3.63) is 89.7 Å². The average Bonchev–Trinajstić information content (AvgIpc) is 3.04. The number of esters is 1. The van der Waals surface area contributed by atoms with Gasteiger partial charge in [-0.2, -0.15) is 5.10 Å². The Labute approximate surface area is 161 Å². The fraction of sp³-hybridized carbons (Fsp3) is 0.0455. The number of anilines is 1. The summed E-state index contributed by atoms with van der Waals surface area (Å²) in [6, 6.07) is 20.4. The van der Waals surface area contributed by atoms with E-state index >= 15 is 0 Å². The number of carbonyl (C=O) groups excluding carboxylic acids is 1. The molecule has 0 bridgehead atoms. The van der Waals surface area contributed by atoms with Crippen LogP contribution in [-0.2, 0) is 0 Å². The van der Waals surface area contributed by atoms with Gasteiger partial charge in [-0.05, 0) is 53.6 Å². The molecule has 6 nitrogen and oxygen atoms in total. The summed E-state index contributed by atoms with van der Waals surface area (Å²) in [4.78, 5) is 16.7. The monoisotopic (exact) mass is 370 g/mol. The molecule has 0 saturated heterocycles. The summed E-state index contributed by atoms with van der Waals surface area (Å²) in [5.41, 5.74) is 7.94. The maximum absolute atomic E-state index is 12.6. The van der Waals surface area contributed by atoms with Crippen LogP contribution in [-0.4, -0.2) is 21.8 Å². The maximum atomic E-state index is 12.6. The summed E-state index contributed by atoms with van der Waals surface area (Å²) in [5, 5.41) is 6.13. The first-order valence-corrected chi connectivity index (χ1v) is 8.76. The normalized spacial score (nSPS) is 11.2. The van der Waals surface area contributed by atoms with Gasteiger partial charge in [0, 0.05) is 0 Å². The van der Waals surface area contributed by atoms with E-state index in [0.717, 1.165) is 22.0 Å². The molecule has 2 N–H and O–H groups in total. The quantitative estimate of drug-likeness (QED) is 0.334. The van der Waals surface area contributed by atoms with E-state index in [1.54, 1.807) is 30.6 Å². The van der Waals surface area contributed by atoms with E-state index in [9.17, 15) is 4.79 Å². The van der Waals surface area contributed by atoms with Crippen LogP contribution in [0, 0.1) is 6.92 Å². The highest BCUT2D eigenvalue weighted by Gasteiger charge is 2.12. The second-order valence-corrected chi connectivity index (χ2v) is 6.31. The van der Waals surface area contributed by atoms with Gasteiger partial charge in [0.25, 0.3) is 0 Å². The smallest absolute Gasteiger partial charge is 0.344 e. The van der Waals surface area contributed by atoms with Crippen LogP contribution in [0.15, 0.2) is 78.0 Å². The molecule has 0 fully saturated rings. The summed E-state index contributed by atoms with van der Waals surface area (Å²) in [5.74, 6) is 0.405. The number of imidazole rings is 1. The lowest BCUT2D eigenvalue weighted by atomic mass is 10.0. The van der Waals surface area contributed by atoms with Crippen LogP contribution in [0.1, 0.15) is 21.6 Å². The Bertz CT molecular complexity index is 1170. The Hall–Kier alpha value is -3.93. The third-order valence-corrected chi connectivity index (χ3v) is 4.27. The highest BCUT2D eigenvalue weighted by atomic mass is 16.5. The number of aromatic nitrogens is 2. The van der Waals surface area contributed by atoms with Gasteiger partial charge in [-0.3, -0.25) is 0 Å². The minimum atomic E-state index is -0.389. The standard InChI is InChI=1S/C22H18N4O2/c1-15-14-26(22(23)25-15)24-13-16-9-11-18(12-10-16)28-21(27)20-8-4-6-17-5-2-3-7-19(17)20/h2-14H,1H3,(H2,23,25). The van der Waals surface area contributed by atoms with Crippen molar-refractivity contribution < 1.29 is 9.53 Å². The molecule has 1 heterocycles. The molecule has 4 rings (SSSR count). The van der Waals surface area contributed by atoms with Crippen LogP contribution in [0.2, 0.25) is 0 Å². The lowest BCUT2D eigenvalue weighted by Gasteiger charge is -2.07. The van der Waals surface area contributed by atoms with Crippen LogP contribution in [0.4, 0.5) is 5.95 Å². The molecule has 0 saturated carbocycles. The number of rotatable bonds is 4. The van der Waals surface area contributed by atoms with Gasteiger partial charge in [0.1, 0.15) is 5.75 Å². The molecular weight excluding hydrogens is 352 g/mol. The molecule has 0 atom stereocenters. The van der Waals surface area contributed by atoms with Crippen molar-refractivity contribution in [1.29, 1.82) is 0 Å². The van der Waals surface area contributed by atoms with E-state index in [4.69, 9.17) is 10.5 Å². The molecule has 138 valence electrons. The van der Waals surface area contributed by atoms with Crippen molar-refractivity contribution in [1.82, 2.24) is 9.66 Å². The summed E-state index contributed by atoms with van der Waals surface area (Å²) in [6.07, 6.45) is 3.40. The number of nitrogens with two attached hydrogens (primary N) is 1. The molecule has 0 spiro atoms. The predicted molar refractivity (Wildman–Crippen MR) is 110 cm³/mol. The third kappa shape index (κ3) is 3.61. The number of carbonyl (C=O) groups is 1. The van der Waals surface area contributed by atoms with E-state index < -0.39 is 0 Å². The number of benzene rings is 3. The molecule has 0 radical (unpaired) electrons. The molecule has 0 aliphatic rings. The number of nitrogen functional groups attached to an aromatic ring is 1. The van der Waals surface area contributed by atoms with E-state index in [1.807, 2.05) is 55.5 Å². The van der Waals surface area contributed by atoms with Gasteiger partial charge in [0.15, 0.2) is 0 Å². The van der Waals surface area contributed by atoms with Crippen molar-refractivity contribution in [3.8, 4) is 5.75 Å². The molecule has 0 amide bonds. The van der Waals surface area contributed by atoms with Gasteiger partial charge in [-0.25, -0.2) is 14.5 Å². The average molecular weight is 370 g/mol. The Balaban J connectivity index is 1.50. The zero-order valence-corrected chi connectivity index (χ0v) is 15.2. The molecule has 0 aliphatic heterocycles. The lowest BCUT2D eigenvalue weighted by molar-refractivity contribution is 0.0737. The molecule has 28 heavy (non-hydrogen) atoms. The second-order valence-electron chi connectivity index (χ2n) is 6.31. The van der Waals surface area contributed by atoms with E-state index in [0.29, 0.717) is 17.3 Å². The second kappa shape index (κ2) is 7.36. The molecule has 0 unspecified atom stereocenters. The number of hydrogen-bond acceptors (Lipinski definition) is 5. The van der Waals surface area contributed by atoms with Gasteiger partial charge in [0.2, 0.25) is 5.95 Å². The van der Waals surface area contributed by atoms with Crippen molar-refractivity contribution in [3.63, 3.8) is 0 Å². The number of nitrogens with zero attached hydrogens (tertiary/aromatic N) is 3. The highest BCUT2D eigenvalue weighted by Crippen LogP contribution is 2.21. The van der Waals surface area contributed by atoms with Gasteiger partial charge in [-0.15, -0.1) is 0 Å². The van der Waals surface area contributed by atoms with Crippen LogP contribution >= 0.6 is 0 Å². The maximum Gasteiger partial charge on any atom is 0.344 e. The minimum absolute atomic E-state index is 0.328. The van der Waals surface area contributed by atoms with Crippen LogP contribution in [0.3, 0.4) is 0 Å². The summed E-state index contributed by atoms with van der Waals surface area (Å²) >= 11 is 0. The zero-order chi connectivity index (χ0) is 19.5. The van der Waals surface area contributed by atoms with Crippen molar-refractivity contribution in [2.45, 2.75) is 6.92 Å². The van der Waals surface area contributed by atoms with Crippen molar-refractivity contribution in [2.24, 2.45) is 5.10 Å². The summed E-state index contributed by atoms with van der Waals surface area (Å²) in [6.45, 7) is 1.85. The zero-order valence-electron chi connectivity index (χ0n) is 15.2. The fourth-order valence-corrected chi connectivity index (χ4v) is 2.91. The number of aryl methyl sites for hydroxylation is 1. The third-order valence-electron chi connectivity index (χ3n) is 4.27. The Morgan fingerprint density at radius 1 is 1.07 bits per heavy atom. The van der Waals surface area contributed by atoms with E-state index in [1.165, 1.54) is 4.68 Å². The summed E-state index contributed by atoms with van der Waals surface area (Å²) < 4.78 is 7.03. The SMILES string of the molecule is Cc1cn(N=Cc2ccc(OC(=O)c3cccc4ccccc34)cc2)c(N)n1. The first-order chi connectivity index (χ1) is 13.6. The van der Waals surface area contributed by atoms with Crippen LogP contribution in [0.25, 0.3) is 10.8 Å². The van der Waals surface area contributed by atoms with Crippen molar-refractivity contribution >= 4 is 28.9 Å². The van der Waals surface area contributed by atoms with Crippen LogP contribution < -0.4 is 10.5 Å². The number of ether oxygens (including phenoxy) is 1. The first kappa shape index (κ1) is 17.5. The largest absolute Gasteiger partial charge is 0.423 e.